The van der Waals surface area contributed by atoms with Crippen LogP contribution in [0.5, 0.6) is 11.5 Å². The molecule has 3 aromatic carbocycles. The average molecular weight is 376 g/mol. The Morgan fingerprint density at radius 3 is 2.57 bits per heavy atom. The predicted molar refractivity (Wildman–Crippen MR) is 107 cm³/mol. The highest BCUT2D eigenvalue weighted by Crippen LogP contribution is 2.31. The number of carbonyl (C=O) groups is 2. The van der Waals surface area contributed by atoms with Crippen LogP contribution < -0.4 is 14.8 Å². The summed E-state index contributed by atoms with van der Waals surface area (Å²) in [5.74, 6) is 0.565. The minimum Gasteiger partial charge on any atom is -0.485 e. The maximum Gasteiger partial charge on any atom is 0.267 e. The van der Waals surface area contributed by atoms with E-state index in [0.29, 0.717) is 11.5 Å². The van der Waals surface area contributed by atoms with Crippen LogP contribution in [0.2, 0.25) is 0 Å². The smallest absolute Gasteiger partial charge is 0.267 e. The number of ether oxygens (including phenoxy) is 2. The number of fused-ring (bicyclic) bond motifs is 2. The van der Waals surface area contributed by atoms with E-state index in [9.17, 15) is 9.59 Å². The molecule has 0 aliphatic carbocycles. The quantitative estimate of drug-likeness (QED) is 0.760. The van der Waals surface area contributed by atoms with E-state index in [2.05, 4.69) is 5.32 Å². The fourth-order valence-electron chi connectivity index (χ4n) is 3.20. The lowest BCUT2D eigenvalue weighted by molar-refractivity contribution is -0.141. The van der Waals surface area contributed by atoms with Crippen LogP contribution in [0.4, 0.5) is 5.69 Å². The van der Waals surface area contributed by atoms with Gasteiger partial charge in [-0.25, -0.2) is 0 Å². The third-order valence-electron chi connectivity index (χ3n) is 4.60. The molecule has 0 saturated heterocycles. The van der Waals surface area contributed by atoms with Crippen molar-refractivity contribution in [3.8, 4) is 11.5 Å². The standard InChI is InChI=1S/C22H20N2O4/c1-24(22(26)20-14-27-18-11-4-5-12-19(18)28-20)13-21(25)23-17-10-6-8-15-7-2-3-9-16(15)17/h2-12,20H,13-14H2,1H3,(H,23,25)/t20-/m1/s1. The van der Waals surface area contributed by atoms with Crippen molar-refractivity contribution in [2.75, 3.05) is 25.5 Å². The van der Waals surface area contributed by atoms with Gasteiger partial charge in [-0.3, -0.25) is 9.59 Å². The summed E-state index contributed by atoms with van der Waals surface area (Å²) in [7, 11) is 1.58. The monoisotopic (exact) mass is 376 g/mol. The summed E-state index contributed by atoms with van der Waals surface area (Å²) in [6.45, 7) is 0.0364. The summed E-state index contributed by atoms with van der Waals surface area (Å²) in [6.07, 6.45) is -0.773. The first kappa shape index (κ1) is 17.9. The van der Waals surface area contributed by atoms with Gasteiger partial charge in [-0.05, 0) is 23.6 Å². The number of para-hydroxylation sites is 2. The van der Waals surface area contributed by atoms with Gasteiger partial charge in [-0.1, -0.05) is 48.5 Å². The SMILES string of the molecule is CN(CC(=O)Nc1cccc2ccccc12)C(=O)[C@H]1COc2ccccc2O1. The van der Waals surface area contributed by atoms with Crippen LogP contribution in [0.25, 0.3) is 10.8 Å². The number of anilines is 1. The summed E-state index contributed by atoms with van der Waals surface area (Å²) < 4.78 is 11.3. The van der Waals surface area contributed by atoms with Crippen LogP contribution in [-0.4, -0.2) is 43.0 Å². The Kier molecular flexibility index (Phi) is 4.85. The van der Waals surface area contributed by atoms with Gasteiger partial charge in [-0.15, -0.1) is 0 Å². The van der Waals surface area contributed by atoms with Crippen molar-refractivity contribution in [2.24, 2.45) is 0 Å². The van der Waals surface area contributed by atoms with E-state index in [0.717, 1.165) is 16.5 Å². The third kappa shape index (κ3) is 3.62. The second-order valence-electron chi connectivity index (χ2n) is 6.63. The molecule has 4 rings (SSSR count). The number of hydrogen-bond donors (Lipinski definition) is 1. The molecular weight excluding hydrogens is 356 g/mol. The maximum absolute atomic E-state index is 12.6. The number of hydrogen-bond acceptors (Lipinski definition) is 4. The molecular formula is C22H20N2O4. The average Bonchev–Trinajstić information content (AvgIpc) is 2.73. The molecule has 1 heterocycles. The lowest BCUT2D eigenvalue weighted by Crippen LogP contribution is -2.47. The van der Waals surface area contributed by atoms with E-state index in [1.165, 1.54) is 4.90 Å². The van der Waals surface area contributed by atoms with Gasteiger partial charge >= 0.3 is 0 Å². The van der Waals surface area contributed by atoms with Crippen molar-refractivity contribution in [3.63, 3.8) is 0 Å². The van der Waals surface area contributed by atoms with Crippen molar-refractivity contribution < 1.29 is 19.1 Å². The number of nitrogens with zero attached hydrogens (tertiary/aromatic N) is 1. The second kappa shape index (κ2) is 7.60. The Morgan fingerprint density at radius 1 is 1.00 bits per heavy atom. The summed E-state index contributed by atoms with van der Waals surface area (Å²) in [5.41, 5.74) is 0.718. The predicted octanol–water partition coefficient (Wildman–Crippen LogP) is 3.08. The Hall–Kier alpha value is -3.54. The van der Waals surface area contributed by atoms with E-state index in [1.54, 1.807) is 19.2 Å². The lowest BCUT2D eigenvalue weighted by Gasteiger charge is -2.28. The largest absolute Gasteiger partial charge is 0.485 e. The summed E-state index contributed by atoms with van der Waals surface area (Å²) in [4.78, 5) is 26.5. The molecule has 0 spiro atoms. The Morgan fingerprint density at radius 2 is 1.71 bits per heavy atom. The van der Waals surface area contributed by atoms with E-state index in [-0.39, 0.29) is 25.0 Å². The first-order valence-electron chi connectivity index (χ1n) is 9.03. The fraction of sp³-hybridized carbons (Fsp3) is 0.182. The highest BCUT2D eigenvalue weighted by molar-refractivity contribution is 6.03. The van der Waals surface area contributed by atoms with Crippen LogP contribution in [0.1, 0.15) is 0 Å². The number of rotatable bonds is 4. The van der Waals surface area contributed by atoms with Gasteiger partial charge in [0, 0.05) is 18.1 Å². The van der Waals surface area contributed by atoms with Crippen molar-refractivity contribution in [1.82, 2.24) is 4.90 Å². The molecule has 3 aromatic rings. The summed E-state index contributed by atoms with van der Waals surface area (Å²) >= 11 is 0. The van der Waals surface area contributed by atoms with Gasteiger partial charge < -0.3 is 19.7 Å². The number of likely N-dealkylation sites (N-methyl/N-ethyl adjacent to an activating group) is 1. The molecule has 1 aliphatic heterocycles. The maximum atomic E-state index is 12.6. The second-order valence-corrected chi connectivity index (χ2v) is 6.63. The molecule has 142 valence electrons. The normalized spacial score (nSPS) is 15.1. The molecule has 1 aliphatic rings. The highest BCUT2D eigenvalue weighted by Gasteiger charge is 2.30. The Labute approximate surface area is 162 Å². The molecule has 6 heteroatoms. The molecule has 0 aromatic heterocycles. The highest BCUT2D eigenvalue weighted by atomic mass is 16.6. The molecule has 6 nitrogen and oxygen atoms in total. The first-order chi connectivity index (χ1) is 13.6. The van der Waals surface area contributed by atoms with Gasteiger partial charge in [0.25, 0.3) is 5.91 Å². The van der Waals surface area contributed by atoms with Gasteiger partial charge in [0.2, 0.25) is 12.0 Å². The number of nitrogens with one attached hydrogen (secondary N) is 1. The Bertz CT molecular complexity index is 1030. The zero-order chi connectivity index (χ0) is 19.5. The minimum atomic E-state index is -0.773. The van der Waals surface area contributed by atoms with Gasteiger partial charge in [0.1, 0.15) is 6.61 Å². The van der Waals surface area contributed by atoms with E-state index in [1.807, 2.05) is 54.6 Å². The van der Waals surface area contributed by atoms with Crippen molar-refractivity contribution in [3.05, 3.63) is 66.7 Å². The molecule has 0 bridgehead atoms. The van der Waals surface area contributed by atoms with Crippen LogP contribution in [0.15, 0.2) is 66.7 Å². The zero-order valence-electron chi connectivity index (χ0n) is 15.4. The van der Waals surface area contributed by atoms with Gasteiger partial charge in [-0.2, -0.15) is 0 Å². The summed E-state index contributed by atoms with van der Waals surface area (Å²) in [5, 5.41) is 4.87. The van der Waals surface area contributed by atoms with Crippen LogP contribution in [0, 0.1) is 0 Å². The van der Waals surface area contributed by atoms with E-state index >= 15 is 0 Å². The molecule has 2 amide bonds. The number of carbonyl (C=O) groups excluding carboxylic acids is 2. The van der Waals surface area contributed by atoms with Gasteiger partial charge in [0.05, 0.1) is 6.54 Å². The van der Waals surface area contributed by atoms with Crippen molar-refractivity contribution in [2.45, 2.75) is 6.10 Å². The topological polar surface area (TPSA) is 67.9 Å². The molecule has 28 heavy (non-hydrogen) atoms. The fourth-order valence-corrected chi connectivity index (χ4v) is 3.20. The van der Waals surface area contributed by atoms with Crippen LogP contribution in [0.3, 0.4) is 0 Å². The molecule has 0 radical (unpaired) electrons. The van der Waals surface area contributed by atoms with Crippen LogP contribution in [-0.2, 0) is 9.59 Å². The zero-order valence-corrected chi connectivity index (χ0v) is 15.4. The molecule has 1 N–H and O–H groups in total. The Balaban J connectivity index is 1.40. The van der Waals surface area contributed by atoms with E-state index < -0.39 is 6.10 Å². The molecule has 1 atom stereocenters. The first-order valence-corrected chi connectivity index (χ1v) is 9.03. The number of amides is 2. The van der Waals surface area contributed by atoms with Crippen molar-refractivity contribution >= 4 is 28.3 Å². The van der Waals surface area contributed by atoms with Crippen molar-refractivity contribution in [1.29, 1.82) is 0 Å². The lowest BCUT2D eigenvalue weighted by atomic mass is 10.1. The molecule has 0 unspecified atom stereocenters. The summed E-state index contributed by atoms with van der Waals surface area (Å²) in [6, 6.07) is 20.7. The molecule has 0 fully saturated rings. The van der Waals surface area contributed by atoms with Gasteiger partial charge in [0.15, 0.2) is 11.5 Å². The number of benzene rings is 3. The molecule has 0 saturated carbocycles. The third-order valence-corrected chi connectivity index (χ3v) is 4.60. The van der Waals surface area contributed by atoms with E-state index in [4.69, 9.17) is 9.47 Å². The minimum absolute atomic E-state index is 0.0798. The van der Waals surface area contributed by atoms with Crippen LogP contribution >= 0.6 is 0 Å².